The van der Waals surface area contributed by atoms with Gasteiger partial charge in [-0.2, -0.15) is 5.10 Å². The van der Waals surface area contributed by atoms with E-state index >= 15 is 0 Å². The number of aromatic nitrogens is 3. The number of hydrogen-bond donors (Lipinski definition) is 4. The molecule has 2 aromatic heterocycles. The second kappa shape index (κ2) is 7.50. The van der Waals surface area contributed by atoms with Crippen LogP contribution in [0, 0.1) is 0 Å². The number of aliphatic carboxylic acids is 2. The van der Waals surface area contributed by atoms with Crippen LogP contribution < -0.4 is 10.8 Å². The Hall–Kier alpha value is -3.19. The first-order chi connectivity index (χ1) is 14.7. The molecule has 0 bridgehead atoms. The molecule has 0 atom stereocenters. The zero-order chi connectivity index (χ0) is 22.4. The summed E-state index contributed by atoms with van der Waals surface area (Å²) in [6.07, 6.45) is 4.87. The average molecular weight is 451 g/mol. The summed E-state index contributed by atoms with van der Waals surface area (Å²) >= 11 is 0. The van der Waals surface area contributed by atoms with Crippen molar-refractivity contribution < 1.29 is 33.1 Å². The highest BCUT2D eigenvalue weighted by Gasteiger charge is 2.51. The van der Waals surface area contributed by atoms with Gasteiger partial charge in [-0.15, -0.1) is 0 Å². The molecule has 1 fully saturated rings. The molecule has 12 nitrogen and oxygen atoms in total. The Morgan fingerprint density at radius 1 is 1.29 bits per heavy atom. The number of nitrogens with one attached hydrogen (secondary N) is 2. The van der Waals surface area contributed by atoms with Crippen LogP contribution in [0.15, 0.2) is 18.5 Å². The molecule has 0 saturated carbocycles. The van der Waals surface area contributed by atoms with Crippen LogP contribution in [-0.4, -0.2) is 68.5 Å². The van der Waals surface area contributed by atoms with Gasteiger partial charge in [-0.05, 0) is 25.8 Å². The number of anilines is 1. The van der Waals surface area contributed by atoms with Crippen molar-refractivity contribution in [3.05, 3.63) is 24.0 Å². The quantitative estimate of drug-likeness (QED) is 0.443. The van der Waals surface area contributed by atoms with Gasteiger partial charge in [0.25, 0.3) is 0 Å². The minimum atomic E-state index is -3.05. The Labute approximate surface area is 176 Å². The van der Waals surface area contributed by atoms with Crippen molar-refractivity contribution in [1.82, 2.24) is 20.2 Å². The minimum absolute atomic E-state index is 0.0631. The van der Waals surface area contributed by atoms with Gasteiger partial charge < -0.3 is 15.5 Å². The van der Waals surface area contributed by atoms with Gasteiger partial charge in [0.2, 0.25) is 0 Å². The second-order valence-corrected chi connectivity index (χ2v) is 9.73. The zero-order valence-electron chi connectivity index (χ0n) is 16.5. The lowest BCUT2D eigenvalue weighted by molar-refractivity contribution is -0.178. The van der Waals surface area contributed by atoms with Crippen LogP contribution in [0.5, 0.6) is 0 Å². The zero-order valence-corrected chi connectivity index (χ0v) is 17.3. The number of carboxylic acid groups (broad SMARTS) is 2. The predicted octanol–water partition coefficient (Wildman–Crippen LogP) is 0.224. The maximum absolute atomic E-state index is 11.8. The Bertz CT molecular complexity index is 1180. The standard InChI is InChI=1S/C18H21N5O7S/c1-2-23-15-12(9-20-23)14(21-10-3-5-31(28,29)6-4-10)11(8-19-15)13-7-18(16(24)25,17(26)27)30-22-13/h7-10,22H,2-6H2,1H3,(H,19,21)(H,24,25)(H,26,27). The molecule has 1 saturated heterocycles. The second-order valence-electron chi connectivity index (χ2n) is 7.42. The van der Waals surface area contributed by atoms with Gasteiger partial charge in [0.15, 0.2) is 5.65 Å². The Kier molecular flexibility index (Phi) is 5.09. The molecule has 0 unspecified atom stereocenters. The van der Waals surface area contributed by atoms with Crippen LogP contribution in [0.4, 0.5) is 5.69 Å². The van der Waals surface area contributed by atoms with E-state index in [0.29, 0.717) is 41.7 Å². The summed E-state index contributed by atoms with van der Waals surface area (Å²) < 4.78 is 25.2. The number of hydrogen-bond acceptors (Lipinski definition) is 9. The normalized spacial score (nSPS) is 20.2. The number of sulfone groups is 1. The summed E-state index contributed by atoms with van der Waals surface area (Å²) in [5.74, 6) is -3.23. The van der Waals surface area contributed by atoms with E-state index < -0.39 is 27.4 Å². The fraction of sp³-hybridized carbons (Fsp3) is 0.444. The monoisotopic (exact) mass is 451 g/mol. The smallest absolute Gasteiger partial charge is 0.354 e. The molecule has 4 heterocycles. The SMILES string of the molecule is CCn1ncc2c(NC3CCS(=O)(=O)CC3)c(C3=CC(C(=O)O)(C(=O)O)ON3)cnc21. The number of carboxylic acids is 2. The molecule has 31 heavy (non-hydrogen) atoms. The maximum Gasteiger partial charge on any atom is 0.354 e. The Balaban J connectivity index is 1.80. The lowest BCUT2D eigenvalue weighted by Gasteiger charge is -2.25. The van der Waals surface area contributed by atoms with E-state index in [0.717, 1.165) is 6.08 Å². The molecule has 0 aromatic carbocycles. The van der Waals surface area contributed by atoms with Gasteiger partial charge in [-0.3, -0.25) is 5.48 Å². The molecule has 13 heteroatoms. The average Bonchev–Trinajstić information content (AvgIpc) is 3.35. The highest BCUT2D eigenvalue weighted by atomic mass is 32.2. The molecule has 0 spiro atoms. The first kappa shape index (κ1) is 21.1. The third kappa shape index (κ3) is 3.59. The van der Waals surface area contributed by atoms with Gasteiger partial charge in [-0.25, -0.2) is 32.5 Å². The first-order valence-corrected chi connectivity index (χ1v) is 11.4. The first-order valence-electron chi connectivity index (χ1n) is 9.62. The van der Waals surface area contributed by atoms with E-state index in [9.17, 15) is 28.2 Å². The molecule has 2 aromatic rings. The molecule has 0 radical (unpaired) electrons. The van der Waals surface area contributed by atoms with E-state index in [1.807, 2.05) is 6.92 Å². The lowest BCUT2D eigenvalue weighted by atomic mass is 10.0. The van der Waals surface area contributed by atoms with E-state index in [-0.39, 0.29) is 23.2 Å². The van der Waals surface area contributed by atoms with Crippen molar-refractivity contribution in [1.29, 1.82) is 0 Å². The molecular formula is C18H21N5O7S. The van der Waals surface area contributed by atoms with Crippen molar-refractivity contribution in [2.24, 2.45) is 0 Å². The van der Waals surface area contributed by atoms with Gasteiger partial charge >= 0.3 is 17.5 Å². The summed E-state index contributed by atoms with van der Waals surface area (Å²) in [6.45, 7) is 2.48. The fourth-order valence-electron chi connectivity index (χ4n) is 3.69. The summed E-state index contributed by atoms with van der Waals surface area (Å²) in [6, 6.07) is -0.149. The Morgan fingerprint density at radius 3 is 2.55 bits per heavy atom. The van der Waals surface area contributed by atoms with Crippen molar-refractivity contribution in [3.63, 3.8) is 0 Å². The predicted molar refractivity (Wildman–Crippen MR) is 109 cm³/mol. The van der Waals surface area contributed by atoms with E-state index in [1.54, 1.807) is 10.9 Å². The molecular weight excluding hydrogens is 430 g/mol. The molecule has 0 aliphatic carbocycles. The van der Waals surface area contributed by atoms with Crippen molar-refractivity contribution in [2.45, 2.75) is 38.0 Å². The van der Waals surface area contributed by atoms with E-state index in [2.05, 4.69) is 20.9 Å². The van der Waals surface area contributed by atoms with Crippen LogP contribution in [-0.2, 0) is 30.8 Å². The van der Waals surface area contributed by atoms with Crippen LogP contribution in [0.1, 0.15) is 25.3 Å². The number of nitrogens with zero attached hydrogens (tertiary/aromatic N) is 3. The number of carbonyl (C=O) groups is 2. The summed E-state index contributed by atoms with van der Waals surface area (Å²) in [4.78, 5) is 32.5. The van der Waals surface area contributed by atoms with Crippen LogP contribution in [0.2, 0.25) is 0 Å². The molecule has 4 N–H and O–H groups in total. The maximum atomic E-state index is 11.8. The van der Waals surface area contributed by atoms with Crippen LogP contribution in [0.3, 0.4) is 0 Å². The molecule has 166 valence electrons. The largest absolute Gasteiger partial charge is 0.478 e. The van der Waals surface area contributed by atoms with E-state index in [4.69, 9.17) is 4.84 Å². The third-order valence-corrected chi connectivity index (χ3v) is 7.18. The van der Waals surface area contributed by atoms with Crippen LogP contribution >= 0.6 is 0 Å². The Morgan fingerprint density at radius 2 is 1.97 bits per heavy atom. The highest BCUT2D eigenvalue weighted by Crippen LogP contribution is 2.35. The number of hydroxylamine groups is 1. The lowest BCUT2D eigenvalue weighted by Crippen LogP contribution is -2.46. The van der Waals surface area contributed by atoms with Gasteiger partial charge in [0.05, 0.1) is 34.5 Å². The van der Waals surface area contributed by atoms with Crippen molar-refractivity contribution >= 4 is 44.2 Å². The van der Waals surface area contributed by atoms with Crippen molar-refractivity contribution in [3.8, 4) is 0 Å². The number of rotatable bonds is 6. The molecule has 2 aliphatic heterocycles. The minimum Gasteiger partial charge on any atom is -0.478 e. The summed E-state index contributed by atoms with van der Waals surface area (Å²) in [5, 5.41) is 27.1. The van der Waals surface area contributed by atoms with E-state index in [1.165, 1.54) is 6.20 Å². The fourth-order valence-corrected chi connectivity index (χ4v) is 5.18. The van der Waals surface area contributed by atoms with Gasteiger partial charge in [-0.1, -0.05) is 0 Å². The van der Waals surface area contributed by atoms with Gasteiger partial charge in [0, 0.05) is 24.3 Å². The van der Waals surface area contributed by atoms with Crippen LogP contribution in [0.25, 0.3) is 16.7 Å². The summed E-state index contributed by atoms with van der Waals surface area (Å²) in [5.41, 5.74) is 1.46. The molecule has 4 rings (SSSR count). The van der Waals surface area contributed by atoms with Gasteiger partial charge in [0.1, 0.15) is 9.84 Å². The highest BCUT2D eigenvalue weighted by molar-refractivity contribution is 7.91. The van der Waals surface area contributed by atoms with Crippen molar-refractivity contribution in [2.75, 3.05) is 16.8 Å². The topological polar surface area (TPSA) is 173 Å². The number of pyridine rings is 1. The number of aryl methyl sites for hydroxylation is 1. The summed E-state index contributed by atoms with van der Waals surface area (Å²) in [7, 11) is -3.05. The third-order valence-electron chi connectivity index (χ3n) is 5.46. The molecule has 2 aliphatic rings. The number of fused-ring (bicyclic) bond motifs is 1. The molecule has 0 amide bonds.